The summed E-state index contributed by atoms with van der Waals surface area (Å²) in [5.74, 6) is 0. The van der Waals surface area contributed by atoms with Gasteiger partial charge in [0, 0.05) is 20.6 Å². The molecule has 0 aliphatic carbocycles. The van der Waals surface area contributed by atoms with Crippen LogP contribution in [-0.4, -0.2) is 4.92 Å². The number of nitrogens with zero attached hydrogens (tertiary/aromatic N) is 2. The standard InChI is InChI=1S/C7H3IN2O2S/c8-6-1-4(10(11)12)2-7(13)5(6)3-9/h1-2,13H. The van der Waals surface area contributed by atoms with Gasteiger partial charge in [0.2, 0.25) is 0 Å². The van der Waals surface area contributed by atoms with Crippen LogP contribution in [0.15, 0.2) is 17.0 Å². The highest BCUT2D eigenvalue weighted by molar-refractivity contribution is 14.1. The Bertz CT molecular complexity index is 390. The van der Waals surface area contributed by atoms with E-state index in [-0.39, 0.29) is 5.69 Å². The molecule has 0 spiro atoms. The average molecular weight is 306 g/mol. The van der Waals surface area contributed by atoms with Crippen LogP contribution in [0.5, 0.6) is 0 Å². The van der Waals surface area contributed by atoms with Crippen molar-refractivity contribution in [3.8, 4) is 6.07 Å². The summed E-state index contributed by atoms with van der Waals surface area (Å²) in [4.78, 5) is 10.2. The van der Waals surface area contributed by atoms with E-state index in [1.807, 2.05) is 28.7 Å². The van der Waals surface area contributed by atoms with Gasteiger partial charge in [0.25, 0.3) is 5.69 Å². The van der Waals surface area contributed by atoms with Crippen molar-refractivity contribution in [2.75, 3.05) is 0 Å². The second kappa shape index (κ2) is 3.93. The first-order chi connectivity index (χ1) is 6.06. The van der Waals surface area contributed by atoms with E-state index in [1.54, 1.807) is 0 Å². The molecular formula is C7H3IN2O2S. The Morgan fingerprint density at radius 3 is 2.62 bits per heavy atom. The molecule has 0 aliphatic rings. The zero-order valence-corrected chi connectivity index (χ0v) is 9.24. The Balaban J connectivity index is 3.39. The number of non-ortho nitro benzene ring substituents is 1. The molecule has 6 heteroatoms. The minimum absolute atomic E-state index is 0.0478. The SMILES string of the molecule is N#Cc1c(S)cc([N+](=O)[O-])cc1I. The van der Waals surface area contributed by atoms with Crippen LogP contribution in [0.1, 0.15) is 5.56 Å². The maximum Gasteiger partial charge on any atom is 0.271 e. The lowest BCUT2D eigenvalue weighted by Gasteiger charge is -1.98. The average Bonchev–Trinajstić information content (AvgIpc) is 2.03. The molecule has 1 aromatic rings. The molecule has 1 aromatic carbocycles. The fraction of sp³-hybridized carbons (Fsp3) is 0. The van der Waals surface area contributed by atoms with Crippen LogP contribution in [0.4, 0.5) is 5.69 Å². The summed E-state index contributed by atoms with van der Waals surface area (Å²) in [5.41, 5.74) is 0.322. The van der Waals surface area contributed by atoms with Crippen LogP contribution >= 0.6 is 35.2 Å². The van der Waals surface area contributed by atoms with Gasteiger partial charge in [-0.2, -0.15) is 5.26 Å². The summed E-state index contributed by atoms with van der Waals surface area (Å²) in [7, 11) is 0. The van der Waals surface area contributed by atoms with Crippen LogP contribution in [0, 0.1) is 25.0 Å². The van der Waals surface area contributed by atoms with Gasteiger partial charge in [-0.1, -0.05) is 0 Å². The monoisotopic (exact) mass is 306 g/mol. The lowest BCUT2D eigenvalue weighted by molar-refractivity contribution is -0.385. The van der Waals surface area contributed by atoms with Crippen LogP contribution in [-0.2, 0) is 0 Å². The molecule has 0 amide bonds. The van der Waals surface area contributed by atoms with Gasteiger partial charge in [-0.25, -0.2) is 0 Å². The lowest BCUT2D eigenvalue weighted by atomic mass is 10.2. The molecule has 1 rings (SSSR count). The van der Waals surface area contributed by atoms with E-state index >= 15 is 0 Å². The zero-order valence-electron chi connectivity index (χ0n) is 6.19. The molecule has 0 radical (unpaired) electrons. The highest BCUT2D eigenvalue weighted by atomic mass is 127. The first-order valence-corrected chi connectivity index (χ1v) is 4.66. The molecule has 66 valence electrons. The highest BCUT2D eigenvalue weighted by Crippen LogP contribution is 2.25. The topological polar surface area (TPSA) is 66.9 Å². The third kappa shape index (κ3) is 2.10. The maximum absolute atomic E-state index is 10.4. The van der Waals surface area contributed by atoms with E-state index in [1.165, 1.54) is 12.1 Å². The van der Waals surface area contributed by atoms with E-state index in [0.29, 0.717) is 14.0 Å². The van der Waals surface area contributed by atoms with Crippen molar-refractivity contribution >= 4 is 40.9 Å². The predicted molar refractivity (Wildman–Crippen MR) is 57.8 cm³/mol. The van der Waals surface area contributed by atoms with Gasteiger partial charge >= 0.3 is 0 Å². The van der Waals surface area contributed by atoms with Gasteiger partial charge in [0.1, 0.15) is 6.07 Å². The van der Waals surface area contributed by atoms with Crippen molar-refractivity contribution in [2.45, 2.75) is 4.90 Å². The van der Waals surface area contributed by atoms with Crippen molar-refractivity contribution in [1.82, 2.24) is 0 Å². The maximum atomic E-state index is 10.4. The van der Waals surface area contributed by atoms with E-state index in [9.17, 15) is 10.1 Å². The Kier molecular flexibility index (Phi) is 3.11. The Labute approximate surface area is 93.3 Å². The molecule has 4 nitrogen and oxygen atoms in total. The lowest BCUT2D eigenvalue weighted by Crippen LogP contribution is -1.92. The van der Waals surface area contributed by atoms with Crippen molar-refractivity contribution in [3.05, 3.63) is 31.4 Å². The van der Waals surface area contributed by atoms with E-state index < -0.39 is 4.92 Å². The minimum Gasteiger partial charge on any atom is -0.258 e. The number of halogens is 1. The Hall–Kier alpha value is -0.810. The number of rotatable bonds is 1. The third-order valence-electron chi connectivity index (χ3n) is 1.38. The molecule has 0 saturated heterocycles. The summed E-state index contributed by atoms with van der Waals surface area (Å²) in [6, 6.07) is 4.54. The van der Waals surface area contributed by atoms with Crippen molar-refractivity contribution < 1.29 is 4.92 Å². The fourth-order valence-corrected chi connectivity index (χ4v) is 2.04. The molecule has 0 bridgehead atoms. The molecule has 0 N–H and O–H groups in total. The van der Waals surface area contributed by atoms with Crippen molar-refractivity contribution in [1.29, 1.82) is 5.26 Å². The molecule has 0 unspecified atom stereocenters. The fourth-order valence-electron chi connectivity index (χ4n) is 0.794. The van der Waals surface area contributed by atoms with E-state index in [2.05, 4.69) is 12.6 Å². The molecular weight excluding hydrogens is 303 g/mol. The minimum atomic E-state index is -0.511. The van der Waals surface area contributed by atoms with Crippen LogP contribution in [0.25, 0.3) is 0 Å². The van der Waals surface area contributed by atoms with Gasteiger partial charge < -0.3 is 0 Å². The van der Waals surface area contributed by atoms with Gasteiger partial charge in [-0.3, -0.25) is 10.1 Å². The molecule has 0 atom stereocenters. The van der Waals surface area contributed by atoms with Gasteiger partial charge in [-0.15, -0.1) is 12.6 Å². The van der Waals surface area contributed by atoms with Crippen LogP contribution in [0.3, 0.4) is 0 Å². The normalized spacial score (nSPS) is 9.31. The first kappa shape index (κ1) is 10.3. The van der Waals surface area contributed by atoms with Crippen LogP contribution in [0.2, 0.25) is 0 Å². The Morgan fingerprint density at radius 1 is 1.62 bits per heavy atom. The van der Waals surface area contributed by atoms with Crippen LogP contribution < -0.4 is 0 Å². The quantitative estimate of drug-likeness (QED) is 0.375. The number of nitro benzene ring substituents is 1. The number of thiol groups is 1. The van der Waals surface area contributed by atoms with E-state index in [4.69, 9.17) is 5.26 Å². The third-order valence-corrected chi connectivity index (χ3v) is 2.58. The van der Waals surface area contributed by atoms with Gasteiger partial charge in [-0.05, 0) is 22.6 Å². The number of nitriles is 1. The van der Waals surface area contributed by atoms with Gasteiger partial charge in [0.05, 0.1) is 10.5 Å². The van der Waals surface area contributed by atoms with Crippen molar-refractivity contribution in [2.24, 2.45) is 0 Å². The van der Waals surface area contributed by atoms with Gasteiger partial charge in [0.15, 0.2) is 0 Å². The molecule has 0 saturated carbocycles. The molecule has 0 heterocycles. The summed E-state index contributed by atoms with van der Waals surface area (Å²) >= 11 is 5.85. The Morgan fingerprint density at radius 2 is 2.23 bits per heavy atom. The summed E-state index contributed by atoms with van der Waals surface area (Å²) < 4.78 is 0.541. The number of hydrogen-bond donors (Lipinski definition) is 1. The number of hydrogen-bond acceptors (Lipinski definition) is 4. The molecule has 0 aromatic heterocycles. The predicted octanol–water partition coefficient (Wildman–Crippen LogP) is 2.36. The highest BCUT2D eigenvalue weighted by Gasteiger charge is 2.12. The summed E-state index contributed by atoms with van der Waals surface area (Å²) in [6.45, 7) is 0. The van der Waals surface area contributed by atoms with Crippen molar-refractivity contribution in [3.63, 3.8) is 0 Å². The first-order valence-electron chi connectivity index (χ1n) is 3.13. The summed E-state index contributed by atoms with van der Waals surface area (Å²) in [5, 5.41) is 19.0. The van der Waals surface area contributed by atoms with E-state index in [0.717, 1.165) is 0 Å². The largest absolute Gasteiger partial charge is 0.271 e. The second-order valence-electron chi connectivity index (χ2n) is 2.19. The zero-order chi connectivity index (χ0) is 10.0. The number of nitro groups is 1. The number of benzene rings is 1. The molecule has 0 aliphatic heterocycles. The smallest absolute Gasteiger partial charge is 0.258 e. The summed E-state index contributed by atoms with van der Waals surface area (Å²) in [6.07, 6.45) is 0. The molecule has 0 fully saturated rings. The second-order valence-corrected chi connectivity index (χ2v) is 3.83. The molecule has 13 heavy (non-hydrogen) atoms.